The van der Waals surface area contributed by atoms with Crippen molar-refractivity contribution >= 4 is 7.60 Å². The third kappa shape index (κ3) is 3.03. The maximum Gasteiger partial charge on any atom is 0.331 e. The lowest BCUT2D eigenvalue weighted by molar-refractivity contribution is 0.259. The zero-order valence-corrected chi connectivity index (χ0v) is 7.06. The Kier molecular flexibility index (Phi) is 4.38. The largest absolute Gasteiger partial charge is 0.331 e. The van der Waals surface area contributed by atoms with E-state index in [-0.39, 0.29) is 6.61 Å². The van der Waals surface area contributed by atoms with Gasteiger partial charge in [-0.15, -0.1) is 6.42 Å². The molecular weight excluding hydrogens is 151 g/mol. The van der Waals surface area contributed by atoms with E-state index in [0.29, 0.717) is 6.16 Å². The number of hydrogen-bond acceptors (Lipinski definition) is 3. The lowest BCUT2D eigenvalue weighted by Crippen LogP contribution is -1.94. The topological polar surface area (TPSA) is 35.5 Å². The molecule has 0 radical (unpaired) electrons. The zero-order valence-electron chi connectivity index (χ0n) is 6.16. The average Bonchev–Trinajstić information content (AvgIpc) is 2.00. The normalized spacial score (nSPS) is 15.7. The molecule has 58 valence electrons. The highest BCUT2D eigenvalue weighted by molar-refractivity contribution is 7.53. The van der Waals surface area contributed by atoms with Crippen molar-refractivity contribution in [3.63, 3.8) is 0 Å². The monoisotopic (exact) mass is 162 g/mol. The van der Waals surface area contributed by atoms with Gasteiger partial charge in [0.25, 0.3) is 0 Å². The Morgan fingerprint density at radius 3 is 2.60 bits per heavy atom. The summed E-state index contributed by atoms with van der Waals surface area (Å²) in [5, 5.41) is 0. The molecule has 10 heavy (non-hydrogen) atoms. The van der Waals surface area contributed by atoms with Crippen molar-refractivity contribution in [1.82, 2.24) is 0 Å². The van der Waals surface area contributed by atoms with Crippen LogP contribution in [-0.2, 0) is 13.6 Å². The molecule has 0 aromatic rings. The van der Waals surface area contributed by atoms with Crippen LogP contribution in [0.15, 0.2) is 0 Å². The third-order valence-corrected chi connectivity index (χ3v) is 2.86. The third-order valence-electron chi connectivity index (χ3n) is 1.01. The second-order valence-electron chi connectivity index (χ2n) is 1.59. The van der Waals surface area contributed by atoms with Crippen LogP contribution in [0.4, 0.5) is 0 Å². The summed E-state index contributed by atoms with van der Waals surface area (Å²) in [6.45, 7) is 1.76. The second-order valence-corrected chi connectivity index (χ2v) is 4.06. The minimum Gasteiger partial charge on any atom is -0.312 e. The molecular formula is C6H11O3P. The molecule has 0 saturated carbocycles. The summed E-state index contributed by atoms with van der Waals surface area (Å²) in [5.74, 6) is 2.22. The van der Waals surface area contributed by atoms with Gasteiger partial charge in [-0.25, -0.2) is 0 Å². The molecule has 0 aromatic carbocycles. The zero-order chi connectivity index (χ0) is 8.04. The average molecular weight is 162 g/mol. The van der Waals surface area contributed by atoms with E-state index >= 15 is 0 Å². The van der Waals surface area contributed by atoms with Crippen LogP contribution in [0.25, 0.3) is 0 Å². The number of hydrogen-bond donors (Lipinski definition) is 0. The molecule has 0 aliphatic carbocycles. The van der Waals surface area contributed by atoms with Crippen LogP contribution in [-0.4, -0.2) is 19.9 Å². The van der Waals surface area contributed by atoms with E-state index in [4.69, 9.17) is 10.9 Å². The minimum atomic E-state index is -2.84. The smallest absolute Gasteiger partial charge is 0.312 e. The molecule has 0 aromatic heterocycles. The Morgan fingerprint density at radius 1 is 1.70 bits per heavy atom. The van der Waals surface area contributed by atoms with E-state index in [9.17, 15) is 4.57 Å². The standard InChI is InChI=1S/C6H11O3P/c1-4-6-9-10(7,5-2)8-3/h1H,5-6H2,2-3H3. The van der Waals surface area contributed by atoms with E-state index in [1.54, 1.807) is 6.92 Å². The van der Waals surface area contributed by atoms with Gasteiger partial charge in [-0.2, -0.15) is 0 Å². The van der Waals surface area contributed by atoms with Crippen molar-refractivity contribution in [1.29, 1.82) is 0 Å². The van der Waals surface area contributed by atoms with E-state index in [1.807, 2.05) is 0 Å². The molecule has 0 amide bonds. The Balaban J connectivity index is 3.85. The molecule has 0 spiro atoms. The van der Waals surface area contributed by atoms with E-state index in [1.165, 1.54) is 7.11 Å². The van der Waals surface area contributed by atoms with Crippen molar-refractivity contribution in [2.24, 2.45) is 0 Å². The molecule has 1 atom stereocenters. The van der Waals surface area contributed by atoms with Gasteiger partial charge in [0.05, 0.1) is 0 Å². The molecule has 1 unspecified atom stereocenters. The highest BCUT2D eigenvalue weighted by atomic mass is 31.2. The van der Waals surface area contributed by atoms with Crippen LogP contribution < -0.4 is 0 Å². The summed E-state index contributed by atoms with van der Waals surface area (Å²) in [5.41, 5.74) is 0. The minimum absolute atomic E-state index is 0.0406. The molecule has 0 N–H and O–H groups in total. The van der Waals surface area contributed by atoms with Crippen LogP contribution in [0.3, 0.4) is 0 Å². The summed E-state index contributed by atoms with van der Waals surface area (Å²) >= 11 is 0. The van der Waals surface area contributed by atoms with Crippen LogP contribution in [0, 0.1) is 12.3 Å². The first-order valence-corrected chi connectivity index (χ1v) is 4.64. The Labute approximate surface area is 61.3 Å². The molecule has 0 bridgehead atoms. The summed E-state index contributed by atoms with van der Waals surface area (Å²) in [4.78, 5) is 0. The fraction of sp³-hybridized carbons (Fsp3) is 0.667. The summed E-state index contributed by atoms with van der Waals surface area (Å²) in [6, 6.07) is 0. The van der Waals surface area contributed by atoms with Crippen molar-refractivity contribution in [2.45, 2.75) is 6.92 Å². The Bertz CT molecular complexity index is 162. The van der Waals surface area contributed by atoms with Crippen molar-refractivity contribution in [3.8, 4) is 12.3 Å². The molecule has 0 heterocycles. The van der Waals surface area contributed by atoms with Crippen LogP contribution in [0.1, 0.15) is 6.92 Å². The lowest BCUT2D eigenvalue weighted by atomic mass is 10.8. The number of rotatable bonds is 4. The van der Waals surface area contributed by atoms with E-state index in [0.717, 1.165) is 0 Å². The van der Waals surface area contributed by atoms with Crippen LogP contribution >= 0.6 is 7.60 Å². The molecule has 3 nitrogen and oxygen atoms in total. The van der Waals surface area contributed by atoms with Gasteiger partial charge in [-0.1, -0.05) is 12.8 Å². The Hall–Kier alpha value is -0.290. The first-order chi connectivity index (χ1) is 4.68. The molecule has 0 aliphatic heterocycles. The van der Waals surface area contributed by atoms with Gasteiger partial charge in [-0.3, -0.25) is 9.09 Å². The molecule has 0 aliphatic rings. The first-order valence-electron chi connectivity index (χ1n) is 2.91. The summed E-state index contributed by atoms with van der Waals surface area (Å²) in [7, 11) is -1.49. The van der Waals surface area contributed by atoms with Gasteiger partial charge >= 0.3 is 7.60 Å². The van der Waals surface area contributed by atoms with Gasteiger partial charge < -0.3 is 4.52 Å². The predicted molar refractivity (Wildman–Crippen MR) is 39.9 cm³/mol. The second kappa shape index (κ2) is 4.51. The van der Waals surface area contributed by atoms with Gasteiger partial charge in [0.15, 0.2) is 0 Å². The SMILES string of the molecule is C#CCOP(=O)(CC)OC. The maximum atomic E-state index is 11.2. The highest BCUT2D eigenvalue weighted by Crippen LogP contribution is 2.46. The predicted octanol–water partition coefficient (Wildman–Crippen LogP) is 1.50. The molecule has 0 fully saturated rings. The van der Waals surface area contributed by atoms with Gasteiger partial charge in [0.1, 0.15) is 6.61 Å². The van der Waals surface area contributed by atoms with Crippen molar-refractivity contribution in [2.75, 3.05) is 19.9 Å². The lowest BCUT2D eigenvalue weighted by Gasteiger charge is -2.11. The highest BCUT2D eigenvalue weighted by Gasteiger charge is 2.18. The number of terminal acetylenes is 1. The van der Waals surface area contributed by atoms with E-state index in [2.05, 4.69) is 10.4 Å². The molecule has 4 heteroatoms. The van der Waals surface area contributed by atoms with Crippen molar-refractivity contribution < 1.29 is 13.6 Å². The van der Waals surface area contributed by atoms with Crippen molar-refractivity contribution in [3.05, 3.63) is 0 Å². The fourth-order valence-electron chi connectivity index (χ4n) is 0.409. The van der Waals surface area contributed by atoms with Gasteiger partial charge in [0, 0.05) is 13.3 Å². The van der Waals surface area contributed by atoms with Crippen LogP contribution in [0.2, 0.25) is 0 Å². The first kappa shape index (κ1) is 9.71. The molecule has 0 saturated heterocycles. The fourth-order valence-corrected chi connectivity index (χ4v) is 1.23. The van der Waals surface area contributed by atoms with E-state index < -0.39 is 7.60 Å². The van der Waals surface area contributed by atoms with Gasteiger partial charge in [-0.05, 0) is 0 Å². The van der Waals surface area contributed by atoms with Gasteiger partial charge in [0.2, 0.25) is 0 Å². The summed E-state index contributed by atoms with van der Waals surface area (Å²) in [6.07, 6.45) is 5.25. The van der Waals surface area contributed by atoms with Crippen LogP contribution in [0.5, 0.6) is 0 Å². The summed E-state index contributed by atoms with van der Waals surface area (Å²) < 4.78 is 20.6. The maximum absolute atomic E-state index is 11.2. The quantitative estimate of drug-likeness (QED) is 0.464. The molecule has 0 rings (SSSR count). The Morgan fingerprint density at radius 2 is 2.30 bits per heavy atom.